The molecule has 0 aromatic heterocycles. The first kappa shape index (κ1) is 16.9. The van der Waals surface area contributed by atoms with Crippen LogP contribution in [0.15, 0.2) is 0 Å². The summed E-state index contributed by atoms with van der Waals surface area (Å²) in [7, 11) is 0. The molecule has 2 N–H and O–H groups in total. The number of carboxylic acids is 1. The van der Waals surface area contributed by atoms with E-state index in [2.05, 4.69) is 12.2 Å². The van der Waals surface area contributed by atoms with E-state index in [0.29, 0.717) is 18.8 Å². The number of nitrogens with one attached hydrogen (secondary N) is 1. The highest BCUT2D eigenvalue weighted by Gasteiger charge is 2.19. The first-order chi connectivity index (χ1) is 8.47. The molecule has 0 aromatic rings. The Morgan fingerprint density at radius 2 is 1.83 bits per heavy atom. The molecule has 0 rings (SSSR count). The van der Waals surface area contributed by atoms with Crippen molar-refractivity contribution in [1.82, 2.24) is 5.32 Å². The van der Waals surface area contributed by atoms with Gasteiger partial charge in [-0.2, -0.15) is 0 Å². The number of hydrogen-bond donors (Lipinski definition) is 2. The van der Waals surface area contributed by atoms with Gasteiger partial charge in [0.2, 0.25) is 5.91 Å². The highest BCUT2D eigenvalue weighted by Crippen LogP contribution is 2.11. The molecule has 4 nitrogen and oxygen atoms in total. The van der Waals surface area contributed by atoms with Gasteiger partial charge in [0.25, 0.3) is 0 Å². The van der Waals surface area contributed by atoms with Crippen LogP contribution in [0, 0.1) is 11.8 Å². The fourth-order valence-electron chi connectivity index (χ4n) is 1.88. The van der Waals surface area contributed by atoms with E-state index in [0.717, 1.165) is 25.7 Å². The average Bonchev–Trinajstić information content (AvgIpc) is 2.29. The SMILES string of the molecule is CCCCCCC(=O)NCC(CC(C)C)C(=O)O. The maximum absolute atomic E-state index is 11.5. The number of carboxylic acid groups (broad SMARTS) is 1. The summed E-state index contributed by atoms with van der Waals surface area (Å²) in [6.07, 6.45) is 5.37. The van der Waals surface area contributed by atoms with Gasteiger partial charge in [-0.05, 0) is 18.8 Å². The van der Waals surface area contributed by atoms with E-state index >= 15 is 0 Å². The molecule has 4 heteroatoms. The van der Waals surface area contributed by atoms with Crippen LogP contribution in [-0.4, -0.2) is 23.5 Å². The molecule has 0 aliphatic carbocycles. The normalized spacial score (nSPS) is 12.4. The molecule has 0 saturated carbocycles. The molecule has 106 valence electrons. The number of hydrogen-bond acceptors (Lipinski definition) is 2. The number of aliphatic carboxylic acids is 1. The summed E-state index contributed by atoms with van der Waals surface area (Å²) >= 11 is 0. The summed E-state index contributed by atoms with van der Waals surface area (Å²) in [5.41, 5.74) is 0. The fourth-order valence-corrected chi connectivity index (χ4v) is 1.88. The van der Waals surface area contributed by atoms with Crippen LogP contribution in [0.5, 0.6) is 0 Å². The van der Waals surface area contributed by atoms with Gasteiger partial charge in [-0.3, -0.25) is 9.59 Å². The second kappa shape index (κ2) is 9.92. The molecule has 18 heavy (non-hydrogen) atoms. The van der Waals surface area contributed by atoms with Crippen molar-refractivity contribution in [1.29, 1.82) is 0 Å². The van der Waals surface area contributed by atoms with Crippen molar-refractivity contribution in [2.75, 3.05) is 6.54 Å². The first-order valence-corrected chi connectivity index (χ1v) is 6.96. The van der Waals surface area contributed by atoms with Crippen molar-refractivity contribution in [3.8, 4) is 0 Å². The van der Waals surface area contributed by atoms with Crippen molar-refractivity contribution in [3.63, 3.8) is 0 Å². The Balaban J connectivity index is 3.82. The molecule has 0 radical (unpaired) electrons. The van der Waals surface area contributed by atoms with Gasteiger partial charge in [0.1, 0.15) is 0 Å². The zero-order valence-corrected chi connectivity index (χ0v) is 11.9. The van der Waals surface area contributed by atoms with E-state index in [1.54, 1.807) is 0 Å². The van der Waals surface area contributed by atoms with Crippen molar-refractivity contribution >= 4 is 11.9 Å². The molecule has 0 fully saturated rings. The molecule has 0 saturated heterocycles. The van der Waals surface area contributed by atoms with Gasteiger partial charge < -0.3 is 10.4 Å². The van der Waals surface area contributed by atoms with Gasteiger partial charge >= 0.3 is 5.97 Å². The van der Waals surface area contributed by atoms with Gasteiger partial charge in [-0.25, -0.2) is 0 Å². The second-order valence-electron chi connectivity index (χ2n) is 5.28. The lowest BCUT2D eigenvalue weighted by Crippen LogP contribution is -2.33. The summed E-state index contributed by atoms with van der Waals surface area (Å²) in [6.45, 7) is 6.36. The Morgan fingerprint density at radius 1 is 1.17 bits per heavy atom. The van der Waals surface area contributed by atoms with E-state index in [-0.39, 0.29) is 12.5 Å². The quantitative estimate of drug-likeness (QED) is 0.591. The summed E-state index contributed by atoms with van der Waals surface area (Å²) in [5, 5.41) is 11.8. The molecule has 0 bridgehead atoms. The summed E-state index contributed by atoms with van der Waals surface area (Å²) in [4.78, 5) is 22.5. The first-order valence-electron chi connectivity index (χ1n) is 6.96. The number of unbranched alkanes of at least 4 members (excludes halogenated alkanes) is 3. The molecule has 0 aliphatic heterocycles. The topological polar surface area (TPSA) is 66.4 Å². The minimum absolute atomic E-state index is 0.0268. The fraction of sp³-hybridized carbons (Fsp3) is 0.857. The van der Waals surface area contributed by atoms with Crippen LogP contribution in [0.3, 0.4) is 0 Å². The molecule has 1 atom stereocenters. The average molecular weight is 257 g/mol. The number of carbonyl (C=O) groups excluding carboxylic acids is 1. The summed E-state index contributed by atoms with van der Waals surface area (Å²) < 4.78 is 0. The van der Waals surface area contributed by atoms with Crippen LogP contribution in [0.1, 0.15) is 59.3 Å². The highest BCUT2D eigenvalue weighted by atomic mass is 16.4. The van der Waals surface area contributed by atoms with E-state index < -0.39 is 11.9 Å². The van der Waals surface area contributed by atoms with Crippen LogP contribution in [0.4, 0.5) is 0 Å². The molecule has 0 aromatic carbocycles. The van der Waals surface area contributed by atoms with Gasteiger partial charge in [-0.15, -0.1) is 0 Å². The third-order valence-corrected chi connectivity index (χ3v) is 2.91. The van der Waals surface area contributed by atoms with Crippen LogP contribution < -0.4 is 5.32 Å². The number of amides is 1. The smallest absolute Gasteiger partial charge is 0.308 e. The molecule has 0 spiro atoms. The molecule has 0 heterocycles. The maximum atomic E-state index is 11.5. The minimum atomic E-state index is -0.824. The van der Waals surface area contributed by atoms with Gasteiger partial charge in [-0.1, -0.05) is 40.0 Å². The molecule has 1 amide bonds. The summed E-state index contributed by atoms with van der Waals surface area (Å²) in [5.74, 6) is -0.992. The van der Waals surface area contributed by atoms with E-state index in [4.69, 9.17) is 5.11 Å². The largest absolute Gasteiger partial charge is 0.481 e. The number of carbonyl (C=O) groups is 2. The molecular weight excluding hydrogens is 230 g/mol. The van der Waals surface area contributed by atoms with Crippen molar-refractivity contribution in [3.05, 3.63) is 0 Å². The third kappa shape index (κ3) is 9.02. The van der Waals surface area contributed by atoms with E-state index in [1.807, 2.05) is 13.8 Å². The molecule has 0 aliphatic rings. The van der Waals surface area contributed by atoms with Gasteiger partial charge in [0.05, 0.1) is 5.92 Å². The van der Waals surface area contributed by atoms with Gasteiger partial charge in [0, 0.05) is 13.0 Å². The Bertz CT molecular complexity index is 251. The zero-order valence-electron chi connectivity index (χ0n) is 11.9. The lowest BCUT2D eigenvalue weighted by Gasteiger charge is -2.15. The summed E-state index contributed by atoms with van der Waals surface area (Å²) in [6, 6.07) is 0. The minimum Gasteiger partial charge on any atom is -0.481 e. The zero-order chi connectivity index (χ0) is 14.0. The number of rotatable bonds is 10. The van der Waals surface area contributed by atoms with Gasteiger partial charge in [0.15, 0.2) is 0 Å². The van der Waals surface area contributed by atoms with Crippen molar-refractivity contribution in [2.45, 2.75) is 59.3 Å². The Hall–Kier alpha value is -1.06. The van der Waals surface area contributed by atoms with E-state index in [9.17, 15) is 9.59 Å². The highest BCUT2D eigenvalue weighted by molar-refractivity contribution is 5.77. The Labute approximate surface area is 110 Å². The second-order valence-corrected chi connectivity index (χ2v) is 5.28. The van der Waals surface area contributed by atoms with Crippen LogP contribution >= 0.6 is 0 Å². The van der Waals surface area contributed by atoms with Crippen LogP contribution in [0.25, 0.3) is 0 Å². The standard InChI is InChI=1S/C14H27NO3/c1-4-5-6-7-8-13(16)15-10-12(14(17)18)9-11(2)3/h11-12H,4-10H2,1-3H3,(H,15,16)(H,17,18). The van der Waals surface area contributed by atoms with Crippen molar-refractivity contribution < 1.29 is 14.7 Å². The van der Waals surface area contributed by atoms with Crippen LogP contribution in [-0.2, 0) is 9.59 Å². The predicted octanol–water partition coefficient (Wildman–Crippen LogP) is 2.82. The monoisotopic (exact) mass is 257 g/mol. The van der Waals surface area contributed by atoms with Crippen LogP contribution in [0.2, 0.25) is 0 Å². The van der Waals surface area contributed by atoms with E-state index in [1.165, 1.54) is 0 Å². The lowest BCUT2D eigenvalue weighted by atomic mass is 9.97. The lowest BCUT2D eigenvalue weighted by molar-refractivity contribution is -0.142. The predicted molar refractivity (Wildman–Crippen MR) is 72.3 cm³/mol. The maximum Gasteiger partial charge on any atom is 0.308 e. The molecular formula is C14H27NO3. The molecule has 1 unspecified atom stereocenters. The Morgan fingerprint density at radius 3 is 2.33 bits per heavy atom. The van der Waals surface area contributed by atoms with Crippen molar-refractivity contribution in [2.24, 2.45) is 11.8 Å². The Kier molecular flexibility index (Phi) is 9.33. The third-order valence-electron chi connectivity index (χ3n) is 2.91.